The molecule has 0 aliphatic carbocycles. The number of nitrogens with zero attached hydrogens (tertiary/aromatic N) is 1. The van der Waals surface area contributed by atoms with E-state index in [1.54, 1.807) is 0 Å². The minimum atomic E-state index is 0.417. The molecule has 1 heterocycles. The molecule has 0 radical (unpaired) electrons. The molecule has 5 aromatic rings. The van der Waals surface area contributed by atoms with E-state index in [0.717, 1.165) is 47.6 Å². The molecule has 192 valence electrons. The molecule has 0 amide bonds. The molecule has 0 saturated carbocycles. The number of aromatic nitrogens is 2. The maximum Gasteiger partial charge on any atom is 0.142 e. The summed E-state index contributed by atoms with van der Waals surface area (Å²) in [4.78, 5) is 0. The van der Waals surface area contributed by atoms with Crippen molar-refractivity contribution in [2.45, 2.75) is 26.2 Å². The van der Waals surface area contributed by atoms with Crippen LogP contribution in [0.4, 0.5) is 0 Å². The Labute approximate surface area is 228 Å². The lowest BCUT2D eigenvalue weighted by atomic mass is 10.1. The van der Waals surface area contributed by atoms with Crippen LogP contribution in [0, 0.1) is 0 Å². The second-order valence-electron chi connectivity index (χ2n) is 9.02. The van der Waals surface area contributed by atoms with Gasteiger partial charge in [0.15, 0.2) is 0 Å². The van der Waals surface area contributed by atoms with E-state index in [1.807, 2.05) is 78.9 Å². The normalized spacial score (nSPS) is 10.9. The quantitative estimate of drug-likeness (QED) is 0.169. The highest BCUT2D eigenvalue weighted by atomic mass is 35.5. The molecule has 0 unspecified atom stereocenters. The zero-order valence-electron chi connectivity index (χ0n) is 21.1. The van der Waals surface area contributed by atoms with E-state index in [1.165, 1.54) is 5.56 Å². The molecular formula is C32H30ClN3O2. The van der Waals surface area contributed by atoms with Crippen LogP contribution in [0.3, 0.4) is 0 Å². The van der Waals surface area contributed by atoms with Crippen LogP contribution in [0.1, 0.15) is 22.4 Å². The van der Waals surface area contributed by atoms with E-state index in [9.17, 15) is 0 Å². The number of aromatic amines is 1. The van der Waals surface area contributed by atoms with Crippen molar-refractivity contribution in [2.24, 2.45) is 0 Å². The molecule has 0 fully saturated rings. The first-order chi connectivity index (χ1) is 18.7. The molecular weight excluding hydrogens is 494 g/mol. The van der Waals surface area contributed by atoms with Crippen molar-refractivity contribution < 1.29 is 9.47 Å². The summed E-state index contributed by atoms with van der Waals surface area (Å²) in [5.74, 6) is 1.24. The molecule has 5 rings (SSSR count). The van der Waals surface area contributed by atoms with E-state index in [0.29, 0.717) is 29.7 Å². The third kappa shape index (κ3) is 7.03. The van der Waals surface area contributed by atoms with Gasteiger partial charge in [0, 0.05) is 36.8 Å². The number of benzene rings is 4. The molecule has 0 saturated heterocycles. The van der Waals surface area contributed by atoms with Gasteiger partial charge in [-0.1, -0.05) is 103 Å². The van der Waals surface area contributed by atoms with Gasteiger partial charge in [0.1, 0.15) is 24.7 Å². The average molecular weight is 524 g/mol. The van der Waals surface area contributed by atoms with Crippen molar-refractivity contribution in [3.8, 4) is 22.8 Å². The summed E-state index contributed by atoms with van der Waals surface area (Å²) in [5, 5.41) is 11.7. The van der Waals surface area contributed by atoms with Gasteiger partial charge in [0.2, 0.25) is 0 Å². The molecule has 1 aromatic heterocycles. The Bertz CT molecular complexity index is 1420. The first kappa shape index (κ1) is 25.6. The fraction of sp³-hybridized carbons (Fsp3) is 0.156. The molecule has 0 aliphatic heterocycles. The highest BCUT2D eigenvalue weighted by molar-refractivity contribution is 6.32. The van der Waals surface area contributed by atoms with Crippen LogP contribution < -0.4 is 14.8 Å². The van der Waals surface area contributed by atoms with Crippen molar-refractivity contribution in [3.63, 3.8) is 0 Å². The molecule has 0 aliphatic rings. The largest absolute Gasteiger partial charge is 0.488 e. The van der Waals surface area contributed by atoms with Crippen molar-refractivity contribution in [3.05, 3.63) is 137 Å². The average Bonchev–Trinajstić information content (AvgIpc) is 3.44. The highest BCUT2D eigenvalue weighted by Gasteiger charge is 2.16. The van der Waals surface area contributed by atoms with Crippen LogP contribution in [-0.2, 0) is 26.2 Å². The minimum absolute atomic E-state index is 0.417. The molecule has 0 atom stereocenters. The van der Waals surface area contributed by atoms with Crippen molar-refractivity contribution >= 4 is 11.6 Å². The van der Waals surface area contributed by atoms with E-state index in [-0.39, 0.29) is 0 Å². The third-order valence-corrected chi connectivity index (χ3v) is 6.45. The second-order valence-corrected chi connectivity index (χ2v) is 9.43. The summed E-state index contributed by atoms with van der Waals surface area (Å²) in [6.07, 6.45) is 0.825. The SMILES string of the molecule is Clc1cc(-c2cc(CCNCc3ccccc3)[nH]n2)c(OCc2ccccc2)cc1OCc1ccccc1. The lowest BCUT2D eigenvalue weighted by Gasteiger charge is -2.15. The molecule has 38 heavy (non-hydrogen) atoms. The number of rotatable bonds is 12. The number of halogens is 1. The van der Waals surface area contributed by atoms with Crippen molar-refractivity contribution in [2.75, 3.05) is 6.54 Å². The Kier molecular flexibility index (Phi) is 8.72. The Morgan fingerprint density at radius 3 is 1.89 bits per heavy atom. The van der Waals surface area contributed by atoms with Crippen LogP contribution in [0.5, 0.6) is 11.5 Å². The standard InChI is InChI=1S/C32H30ClN3O2/c33-29-19-28(30-18-27(35-36-30)16-17-34-21-24-10-4-1-5-11-24)31(37-22-25-12-6-2-7-13-25)20-32(29)38-23-26-14-8-3-9-15-26/h1-15,18-20,34H,16-17,21-23H2,(H,35,36). The zero-order valence-corrected chi connectivity index (χ0v) is 21.8. The topological polar surface area (TPSA) is 59.2 Å². The summed E-state index contributed by atoms with van der Waals surface area (Å²) in [6, 6.07) is 36.2. The molecule has 0 bridgehead atoms. The van der Waals surface area contributed by atoms with E-state index in [4.69, 9.17) is 21.1 Å². The van der Waals surface area contributed by atoms with Gasteiger partial charge in [-0.2, -0.15) is 5.10 Å². The van der Waals surface area contributed by atoms with Gasteiger partial charge in [-0.05, 0) is 28.8 Å². The first-order valence-electron chi connectivity index (χ1n) is 12.7. The third-order valence-electron chi connectivity index (χ3n) is 6.16. The number of hydrogen-bond donors (Lipinski definition) is 2. The Hall–Kier alpha value is -4.06. The van der Waals surface area contributed by atoms with Crippen molar-refractivity contribution in [1.29, 1.82) is 0 Å². The van der Waals surface area contributed by atoms with Gasteiger partial charge < -0.3 is 14.8 Å². The number of ether oxygens (including phenoxy) is 2. The first-order valence-corrected chi connectivity index (χ1v) is 13.1. The lowest BCUT2D eigenvalue weighted by Crippen LogP contribution is -2.16. The molecule has 6 heteroatoms. The van der Waals surface area contributed by atoms with Gasteiger partial charge >= 0.3 is 0 Å². The Balaban J connectivity index is 1.31. The minimum Gasteiger partial charge on any atom is -0.488 e. The van der Waals surface area contributed by atoms with Gasteiger partial charge in [-0.3, -0.25) is 5.10 Å². The Morgan fingerprint density at radius 2 is 1.26 bits per heavy atom. The van der Waals surface area contributed by atoms with Gasteiger partial charge in [-0.25, -0.2) is 0 Å². The zero-order chi connectivity index (χ0) is 26.0. The summed E-state index contributed by atoms with van der Waals surface area (Å²) >= 11 is 6.67. The maximum absolute atomic E-state index is 6.67. The lowest BCUT2D eigenvalue weighted by molar-refractivity contribution is 0.291. The highest BCUT2D eigenvalue weighted by Crippen LogP contribution is 2.39. The molecule has 5 nitrogen and oxygen atoms in total. The van der Waals surface area contributed by atoms with E-state index in [2.05, 4.69) is 45.8 Å². The predicted octanol–water partition coefficient (Wildman–Crippen LogP) is 7.22. The van der Waals surface area contributed by atoms with Gasteiger partial charge in [-0.15, -0.1) is 0 Å². The second kappa shape index (κ2) is 13.0. The van der Waals surface area contributed by atoms with E-state index >= 15 is 0 Å². The van der Waals surface area contributed by atoms with Gasteiger partial charge in [0.25, 0.3) is 0 Å². The smallest absolute Gasteiger partial charge is 0.142 e. The Morgan fingerprint density at radius 1 is 0.684 bits per heavy atom. The number of H-pyrrole nitrogens is 1. The monoisotopic (exact) mass is 523 g/mol. The molecule has 0 spiro atoms. The number of hydrogen-bond acceptors (Lipinski definition) is 4. The molecule has 2 N–H and O–H groups in total. The summed E-state index contributed by atoms with van der Waals surface area (Å²) in [6.45, 7) is 2.51. The van der Waals surface area contributed by atoms with Crippen LogP contribution in [-0.4, -0.2) is 16.7 Å². The van der Waals surface area contributed by atoms with Crippen LogP contribution >= 0.6 is 11.6 Å². The van der Waals surface area contributed by atoms with Crippen molar-refractivity contribution in [1.82, 2.24) is 15.5 Å². The van der Waals surface area contributed by atoms with Gasteiger partial charge in [0.05, 0.1) is 10.7 Å². The number of nitrogens with one attached hydrogen (secondary N) is 2. The van der Waals surface area contributed by atoms with Crippen LogP contribution in [0.15, 0.2) is 109 Å². The summed E-state index contributed by atoms with van der Waals surface area (Å²) in [7, 11) is 0. The fourth-order valence-corrected chi connectivity index (χ4v) is 4.33. The van der Waals surface area contributed by atoms with Crippen LogP contribution in [0.25, 0.3) is 11.3 Å². The predicted molar refractivity (Wildman–Crippen MR) is 152 cm³/mol. The summed E-state index contributed by atoms with van der Waals surface area (Å²) < 4.78 is 12.3. The fourth-order valence-electron chi connectivity index (χ4n) is 4.11. The maximum atomic E-state index is 6.67. The summed E-state index contributed by atoms with van der Waals surface area (Å²) in [5.41, 5.74) is 6.04. The molecule has 4 aromatic carbocycles. The van der Waals surface area contributed by atoms with Crippen LogP contribution in [0.2, 0.25) is 5.02 Å². The van der Waals surface area contributed by atoms with E-state index < -0.39 is 0 Å².